The lowest BCUT2D eigenvalue weighted by Gasteiger charge is -2.40. The maximum absolute atomic E-state index is 9.04. The van der Waals surface area contributed by atoms with E-state index in [0.29, 0.717) is 12.6 Å². The highest BCUT2D eigenvalue weighted by Gasteiger charge is 2.29. The Labute approximate surface area is 120 Å². The summed E-state index contributed by atoms with van der Waals surface area (Å²) in [5.74, 6) is 1.69. The summed E-state index contributed by atoms with van der Waals surface area (Å²) in [6.45, 7) is 2.70. The van der Waals surface area contributed by atoms with Crippen molar-refractivity contribution in [3.05, 3.63) is 24.3 Å². The van der Waals surface area contributed by atoms with Gasteiger partial charge >= 0.3 is 0 Å². The molecule has 1 aliphatic heterocycles. The van der Waals surface area contributed by atoms with Crippen LogP contribution in [0.1, 0.15) is 25.7 Å². The molecule has 0 aromatic heterocycles. The van der Waals surface area contributed by atoms with E-state index in [1.54, 1.807) is 0 Å². The summed E-state index contributed by atoms with van der Waals surface area (Å²) in [5.41, 5.74) is 0. The molecule has 1 saturated carbocycles. The van der Waals surface area contributed by atoms with E-state index >= 15 is 0 Å². The predicted molar refractivity (Wildman–Crippen MR) is 77.3 cm³/mol. The van der Waals surface area contributed by atoms with Gasteiger partial charge in [-0.05, 0) is 31.4 Å². The van der Waals surface area contributed by atoms with E-state index < -0.39 is 0 Å². The third-order valence-corrected chi connectivity index (χ3v) is 4.20. The molecule has 110 valence electrons. The van der Waals surface area contributed by atoms with Crippen LogP contribution in [0.5, 0.6) is 11.5 Å². The molecule has 4 nitrogen and oxygen atoms in total. The lowest BCUT2D eigenvalue weighted by atomic mass is 9.91. The first kappa shape index (κ1) is 13.7. The first-order valence-corrected chi connectivity index (χ1v) is 7.60. The third-order valence-electron chi connectivity index (χ3n) is 4.20. The van der Waals surface area contributed by atoms with E-state index in [4.69, 9.17) is 14.6 Å². The molecule has 1 atom stereocenters. The summed E-state index contributed by atoms with van der Waals surface area (Å²) in [6, 6.07) is 8.51. The fourth-order valence-electron chi connectivity index (χ4n) is 2.86. The van der Waals surface area contributed by atoms with Crippen LogP contribution in [-0.2, 0) is 0 Å². The number of benzene rings is 1. The Bertz CT molecular complexity index is 433. The zero-order valence-electron chi connectivity index (χ0n) is 11.8. The molecule has 1 aromatic rings. The fourth-order valence-corrected chi connectivity index (χ4v) is 2.86. The number of hydrogen-bond acceptors (Lipinski definition) is 4. The van der Waals surface area contributed by atoms with Crippen molar-refractivity contribution in [1.82, 2.24) is 4.90 Å². The Morgan fingerprint density at radius 1 is 1.20 bits per heavy atom. The van der Waals surface area contributed by atoms with Crippen LogP contribution in [0.2, 0.25) is 0 Å². The van der Waals surface area contributed by atoms with Gasteiger partial charge in [0.05, 0.1) is 0 Å². The monoisotopic (exact) mass is 277 g/mol. The van der Waals surface area contributed by atoms with Gasteiger partial charge in [-0.15, -0.1) is 0 Å². The number of rotatable bonds is 6. The first-order chi connectivity index (χ1) is 9.86. The summed E-state index contributed by atoms with van der Waals surface area (Å²) < 4.78 is 11.8. The molecule has 0 radical (unpaired) electrons. The van der Waals surface area contributed by atoms with Crippen LogP contribution in [0.4, 0.5) is 0 Å². The summed E-state index contributed by atoms with van der Waals surface area (Å²) in [7, 11) is 0. The zero-order chi connectivity index (χ0) is 13.8. The molecule has 20 heavy (non-hydrogen) atoms. The van der Waals surface area contributed by atoms with Crippen LogP contribution in [0.3, 0.4) is 0 Å². The average Bonchev–Trinajstić information content (AvgIpc) is 2.43. The van der Waals surface area contributed by atoms with E-state index in [9.17, 15) is 0 Å². The maximum atomic E-state index is 9.04. The van der Waals surface area contributed by atoms with Crippen molar-refractivity contribution in [2.45, 2.75) is 37.8 Å². The highest BCUT2D eigenvalue weighted by molar-refractivity contribution is 5.40. The Kier molecular flexibility index (Phi) is 4.43. The normalized spacial score (nSPS) is 21.8. The van der Waals surface area contributed by atoms with E-state index in [0.717, 1.165) is 31.0 Å². The molecule has 3 rings (SSSR count). The lowest BCUT2D eigenvalue weighted by molar-refractivity contribution is 0.0268. The Balaban J connectivity index is 1.58. The Morgan fingerprint density at radius 3 is 2.70 bits per heavy atom. The lowest BCUT2D eigenvalue weighted by Crippen LogP contribution is -2.48. The van der Waals surface area contributed by atoms with Crippen molar-refractivity contribution in [3.8, 4) is 11.5 Å². The van der Waals surface area contributed by atoms with Gasteiger partial charge in [0.1, 0.15) is 12.7 Å². The minimum absolute atomic E-state index is 0.0872. The van der Waals surface area contributed by atoms with Crippen LogP contribution >= 0.6 is 0 Å². The van der Waals surface area contributed by atoms with Crippen LogP contribution in [0.15, 0.2) is 24.3 Å². The second-order valence-corrected chi connectivity index (χ2v) is 5.65. The summed E-state index contributed by atoms with van der Waals surface area (Å²) in [4.78, 5) is 2.46. The largest absolute Gasteiger partial charge is 0.486 e. The Hall–Kier alpha value is -1.26. The van der Waals surface area contributed by atoms with Gasteiger partial charge in [-0.1, -0.05) is 18.6 Å². The molecular formula is C16H23NO3. The van der Waals surface area contributed by atoms with Crippen LogP contribution in [0.25, 0.3) is 0 Å². The quantitative estimate of drug-likeness (QED) is 0.864. The Morgan fingerprint density at radius 2 is 2.00 bits per heavy atom. The van der Waals surface area contributed by atoms with Gasteiger partial charge in [0, 0.05) is 25.7 Å². The fraction of sp³-hybridized carbons (Fsp3) is 0.625. The topological polar surface area (TPSA) is 41.9 Å². The maximum Gasteiger partial charge on any atom is 0.161 e. The van der Waals surface area contributed by atoms with Crippen LogP contribution in [0, 0.1) is 0 Å². The predicted octanol–water partition coefficient (Wildman–Crippen LogP) is 2.06. The van der Waals surface area contributed by atoms with Gasteiger partial charge in [-0.3, -0.25) is 4.90 Å². The minimum Gasteiger partial charge on any atom is -0.486 e. The second kappa shape index (κ2) is 6.46. The van der Waals surface area contributed by atoms with Crippen molar-refractivity contribution >= 4 is 0 Å². The number of aliphatic hydroxyl groups excluding tert-OH is 1. The van der Waals surface area contributed by atoms with Gasteiger partial charge in [-0.25, -0.2) is 0 Å². The second-order valence-electron chi connectivity index (χ2n) is 5.65. The molecule has 0 spiro atoms. The molecule has 0 bridgehead atoms. The van der Waals surface area contributed by atoms with Gasteiger partial charge in [0.25, 0.3) is 0 Å². The van der Waals surface area contributed by atoms with Crippen molar-refractivity contribution in [3.63, 3.8) is 0 Å². The molecule has 1 N–H and O–H groups in total. The van der Waals surface area contributed by atoms with Crippen molar-refractivity contribution < 1.29 is 14.6 Å². The smallest absolute Gasteiger partial charge is 0.161 e. The summed E-state index contributed by atoms with van der Waals surface area (Å²) in [6.07, 6.45) is 4.79. The van der Waals surface area contributed by atoms with Crippen molar-refractivity contribution in [1.29, 1.82) is 0 Å². The number of fused-ring (bicyclic) bond motifs is 1. The number of nitrogens with zero attached hydrogens (tertiary/aromatic N) is 1. The number of aliphatic hydroxyl groups is 1. The average molecular weight is 277 g/mol. The van der Waals surface area contributed by atoms with Crippen molar-refractivity contribution in [2.24, 2.45) is 0 Å². The molecule has 0 saturated heterocycles. The molecule has 2 aliphatic rings. The van der Waals surface area contributed by atoms with Crippen LogP contribution < -0.4 is 9.47 Å². The summed E-state index contributed by atoms with van der Waals surface area (Å²) >= 11 is 0. The van der Waals surface area contributed by atoms with Gasteiger partial charge in [0.2, 0.25) is 0 Å². The van der Waals surface area contributed by atoms with Crippen molar-refractivity contribution in [2.75, 3.05) is 26.3 Å². The van der Waals surface area contributed by atoms with Gasteiger partial charge in [-0.2, -0.15) is 0 Å². The molecule has 1 heterocycles. The standard InChI is InChI=1S/C16H23NO3/c18-10-4-9-17(13-5-3-6-13)11-14-12-19-15-7-1-2-8-16(15)20-14/h1-2,7-8,13-14,18H,3-6,9-12H2. The zero-order valence-corrected chi connectivity index (χ0v) is 11.8. The highest BCUT2D eigenvalue weighted by atomic mass is 16.6. The number of para-hydroxylation sites is 2. The highest BCUT2D eigenvalue weighted by Crippen LogP contribution is 2.32. The first-order valence-electron chi connectivity index (χ1n) is 7.60. The third kappa shape index (κ3) is 3.07. The van der Waals surface area contributed by atoms with Gasteiger partial charge in [0.15, 0.2) is 11.5 Å². The number of hydrogen-bond donors (Lipinski definition) is 1. The molecule has 0 amide bonds. The van der Waals surface area contributed by atoms with Gasteiger partial charge < -0.3 is 14.6 Å². The molecular weight excluding hydrogens is 254 g/mol. The summed E-state index contributed by atoms with van der Waals surface area (Å²) in [5, 5.41) is 9.04. The van der Waals surface area contributed by atoms with E-state index in [1.165, 1.54) is 19.3 Å². The van der Waals surface area contributed by atoms with E-state index in [2.05, 4.69) is 4.90 Å². The van der Waals surface area contributed by atoms with Crippen LogP contribution in [-0.4, -0.2) is 48.5 Å². The number of ether oxygens (including phenoxy) is 2. The molecule has 1 aliphatic carbocycles. The molecule has 1 unspecified atom stereocenters. The van der Waals surface area contributed by atoms with E-state index in [-0.39, 0.29) is 12.7 Å². The van der Waals surface area contributed by atoms with E-state index in [1.807, 2.05) is 24.3 Å². The minimum atomic E-state index is 0.0872. The molecule has 4 heteroatoms. The molecule has 1 fully saturated rings. The molecule has 1 aromatic carbocycles. The SMILES string of the molecule is OCCCN(CC1COc2ccccc2O1)C1CCC1.